The molecule has 0 fully saturated rings. The molecule has 1 aliphatic rings. The number of fused-ring (bicyclic) bond motifs is 1. The van der Waals surface area contributed by atoms with Crippen molar-refractivity contribution in [2.45, 2.75) is 31.9 Å². The van der Waals surface area contributed by atoms with Gasteiger partial charge in [0, 0.05) is 6.42 Å². The summed E-state index contributed by atoms with van der Waals surface area (Å²) in [5.41, 5.74) is 4.31. The minimum atomic E-state index is -0.538. The summed E-state index contributed by atoms with van der Waals surface area (Å²) in [5, 5.41) is 13.1. The third-order valence-electron chi connectivity index (χ3n) is 4.01. The van der Waals surface area contributed by atoms with Crippen LogP contribution in [0.3, 0.4) is 0 Å². The van der Waals surface area contributed by atoms with E-state index in [1.165, 1.54) is 5.56 Å². The Balaban J connectivity index is 1.69. The van der Waals surface area contributed by atoms with Crippen LogP contribution in [-0.4, -0.2) is 17.1 Å². The van der Waals surface area contributed by atoms with Crippen molar-refractivity contribution in [3.8, 4) is 0 Å². The van der Waals surface area contributed by atoms with Crippen molar-refractivity contribution in [1.29, 1.82) is 0 Å². The number of amides is 1. The second kappa shape index (κ2) is 5.70. The lowest BCUT2D eigenvalue weighted by Crippen LogP contribution is -2.34. The molecule has 1 amide bonds. The van der Waals surface area contributed by atoms with E-state index in [1.54, 1.807) is 0 Å². The van der Waals surface area contributed by atoms with E-state index >= 15 is 0 Å². The summed E-state index contributed by atoms with van der Waals surface area (Å²) in [6.07, 6.45) is 0.404. The maximum absolute atomic E-state index is 12.2. The van der Waals surface area contributed by atoms with Crippen LogP contribution in [0.4, 0.5) is 0 Å². The van der Waals surface area contributed by atoms with Crippen molar-refractivity contribution in [2.24, 2.45) is 0 Å². The molecule has 0 unspecified atom stereocenters. The minimum absolute atomic E-state index is 0.0559. The lowest BCUT2D eigenvalue weighted by molar-refractivity contribution is -0.121. The highest BCUT2D eigenvalue weighted by atomic mass is 16.3. The van der Waals surface area contributed by atoms with Crippen LogP contribution in [0.5, 0.6) is 0 Å². The van der Waals surface area contributed by atoms with E-state index < -0.39 is 6.10 Å². The van der Waals surface area contributed by atoms with E-state index in [4.69, 9.17) is 0 Å². The highest BCUT2D eigenvalue weighted by Crippen LogP contribution is 2.31. The highest BCUT2D eigenvalue weighted by Gasteiger charge is 2.31. The number of aliphatic hydroxyl groups excluding tert-OH is 1. The molecular formula is C18H19NO2. The zero-order valence-corrected chi connectivity index (χ0v) is 12.0. The van der Waals surface area contributed by atoms with E-state index in [0.717, 1.165) is 16.7 Å². The van der Waals surface area contributed by atoms with E-state index in [2.05, 4.69) is 5.32 Å². The van der Waals surface area contributed by atoms with Crippen molar-refractivity contribution in [3.05, 3.63) is 70.8 Å². The van der Waals surface area contributed by atoms with Gasteiger partial charge >= 0.3 is 0 Å². The van der Waals surface area contributed by atoms with Crippen molar-refractivity contribution in [1.82, 2.24) is 5.32 Å². The summed E-state index contributed by atoms with van der Waals surface area (Å²) in [4.78, 5) is 12.2. The molecule has 0 saturated heterocycles. The van der Waals surface area contributed by atoms with E-state index in [-0.39, 0.29) is 11.9 Å². The number of nitrogens with one attached hydrogen (secondary N) is 1. The zero-order valence-electron chi connectivity index (χ0n) is 12.0. The molecule has 3 nitrogen and oxygen atoms in total. The van der Waals surface area contributed by atoms with Crippen LogP contribution >= 0.6 is 0 Å². The second-order valence-electron chi connectivity index (χ2n) is 5.68. The minimum Gasteiger partial charge on any atom is -0.390 e. The Morgan fingerprint density at radius 1 is 1.19 bits per heavy atom. The molecule has 2 atom stereocenters. The molecule has 3 rings (SSSR count). The average Bonchev–Trinajstić information content (AvgIpc) is 2.78. The van der Waals surface area contributed by atoms with Gasteiger partial charge in [-0.25, -0.2) is 0 Å². The summed E-state index contributed by atoms with van der Waals surface area (Å²) in [5.74, 6) is -0.0559. The molecule has 0 saturated carbocycles. The van der Waals surface area contributed by atoms with Crippen LogP contribution < -0.4 is 5.32 Å². The fraction of sp³-hybridized carbons (Fsp3) is 0.278. The lowest BCUT2D eigenvalue weighted by atomic mass is 10.1. The van der Waals surface area contributed by atoms with E-state index in [9.17, 15) is 9.90 Å². The quantitative estimate of drug-likeness (QED) is 0.907. The maximum Gasteiger partial charge on any atom is 0.224 e. The Kier molecular flexibility index (Phi) is 3.76. The third kappa shape index (κ3) is 2.98. The maximum atomic E-state index is 12.2. The molecule has 1 aliphatic carbocycles. The van der Waals surface area contributed by atoms with Gasteiger partial charge in [-0.15, -0.1) is 0 Å². The lowest BCUT2D eigenvalue weighted by Gasteiger charge is -2.18. The van der Waals surface area contributed by atoms with E-state index in [0.29, 0.717) is 12.8 Å². The number of benzene rings is 2. The molecule has 0 bridgehead atoms. The molecule has 21 heavy (non-hydrogen) atoms. The first-order chi connectivity index (χ1) is 10.1. The standard InChI is InChI=1S/C18H19NO2/c1-12-6-8-13(9-7-12)10-17(21)19-18-15-5-3-2-4-14(15)11-16(18)20/h2-9,16,18,20H,10-11H2,1H3,(H,19,21)/t16-,18+/m1/s1. The van der Waals surface area contributed by atoms with Gasteiger partial charge in [0.05, 0.1) is 18.6 Å². The number of carbonyl (C=O) groups is 1. The molecular weight excluding hydrogens is 262 g/mol. The van der Waals surface area contributed by atoms with Gasteiger partial charge in [0.25, 0.3) is 0 Å². The molecule has 0 radical (unpaired) electrons. The summed E-state index contributed by atoms with van der Waals surface area (Å²) in [7, 11) is 0. The molecule has 0 aromatic heterocycles. The fourth-order valence-electron chi connectivity index (χ4n) is 2.86. The Morgan fingerprint density at radius 2 is 1.90 bits per heavy atom. The molecule has 2 aromatic carbocycles. The van der Waals surface area contributed by atoms with Gasteiger partial charge in [0.15, 0.2) is 0 Å². The normalized spacial score (nSPS) is 20.1. The fourth-order valence-corrected chi connectivity index (χ4v) is 2.86. The topological polar surface area (TPSA) is 49.3 Å². The van der Waals surface area contributed by atoms with Crippen LogP contribution in [0.25, 0.3) is 0 Å². The molecule has 3 heteroatoms. The number of rotatable bonds is 3. The van der Waals surface area contributed by atoms with Gasteiger partial charge in [0.2, 0.25) is 5.91 Å². The third-order valence-corrected chi connectivity index (χ3v) is 4.01. The monoisotopic (exact) mass is 281 g/mol. The van der Waals surface area contributed by atoms with Crippen LogP contribution in [0.15, 0.2) is 48.5 Å². The first kappa shape index (κ1) is 13.8. The smallest absolute Gasteiger partial charge is 0.224 e. The van der Waals surface area contributed by atoms with Crippen molar-refractivity contribution < 1.29 is 9.90 Å². The predicted molar refractivity (Wildman–Crippen MR) is 81.9 cm³/mol. The van der Waals surface area contributed by atoms with Crippen LogP contribution in [0.1, 0.15) is 28.3 Å². The number of aliphatic hydroxyl groups is 1. The van der Waals surface area contributed by atoms with Gasteiger partial charge in [-0.3, -0.25) is 4.79 Å². The molecule has 2 N–H and O–H groups in total. The summed E-state index contributed by atoms with van der Waals surface area (Å²) < 4.78 is 0. The van der Waals surface area contributed by atoms with Gasteiger partial charge in [-0.1, -0.05) is 54.1 Å². The molecule has 0 spiro atoms. The van der Waals surface area contributed by atoms with Gasteiger partial charge in [-0.05, 0) is 23.6 Å². The molecule has 0 aliphatic heterocycles. The summed E-state index contributed by atoms with van der Waals surface area (Å²) in [6, 6.07) is 15.5. The van der Waals surface area contributed by atoms with Crippen molar-refractivity contribution in [2.75, 3.05) is 0 Å². The van der Waals surface area contributed by atoms with Crippen LogP contribution in [0, 0.1) is 6.92 Å². The molecule has 108 valence electrons. The van der Waals surface area contributed by atoms with E-state index in [1.807, 2.05) is 55.5 Å². The Labute approximate surface area is 124 Å². The van der Waals surface area contributed by atoms with Crippen LogP contribution in [-0.2, 0) is 17.6 Å². The van der Waals surface area contributed by atoms with Gasteiger partial charge in [0.1, 0.15) is 0 Å². The first-order valence-corrected chi connectivity index (χ1v) is 7.24. The average molecular weight is 281 g/mol. The van der Waals surface area contributed by atoms with Crippen molar-refractivity contribution >= 4 is 5.91 Å². The zero-order chi connectivity index (χ0) is 14.8. The van der Waals surface area contributed by atoms with Gasteiger partial charge in [-0.2, -0.15) is 0 Å². The largest absolute Gasteiger partial charge is 0.390 e. The van der Waals surface area contributed by atoms with Crippen molar-refractivity contribution in [3.63, 3.8) is 0 Å². The SMILES string of the molecule is Cc1ccc(CC(=O)N[C@H]2c3ccccc3C[C@H]2O)cc1. The number of aryl methyl sites for hydroxylation is 1. The molecule has 2 aromatic rings. The number of hydrogen-bond acceptors (Lipinski definition) is 2. The number of carbonyl (C=O) groups excluding carboxylic acids is 1. The van der Waals surface area contributed by atoms with Crippen LogP contribution in [0.2, 0.25) is 0 Å². The van der Waals surface area contributed by atoms with Gasteiger partial charge < -0.3 is 10.4 Å². The first-order valence-electron chi connectivity index (χ1n) is 7.24. The highest BCUT2D eigenvalue weighted by molar-refractivity contribution is 5.79. The Morgan fingerprint density at radius 3 is 2.67 bits per heavy atom. The summed E-state index contributed by atoms with van der Waals surface area (Å²) >= 11 is 0. The molecule has 0 heterocycles. The Bertz CT molecular complexity index is 649. The Hall–Kier alpha value is -2.13. The predicted octanol–water partition coefficient (Wildman–Crippen LogP) is 2.31. The summed E-state index contributed by atoms with van der Waals surface area (Å²) in [6.45, 7) is 2.02. The second-order valence-corrected chi connectivity index (χ2v) is 5.68. The number of hydrogen-bond donors (Lipinski definition) is 2.